The summed E-state index contributed by atoms with van der Waals surface area (Å²) in [6.07, 6.45) is 1.05. The van der Waals surface area contributed by atoms with Gasteiger partial charge in [0.05, 0.1) is 6.42 Å². The van der Waals surface area contributed by atoms with Gasteiger partial charge in [0.1, 0.15) is 0 Å². The van der Waals surface area contributed by atoms with E-state index >= 15 is 0 Å². The van der Waals surface area contributed by atoms with Gasteiger partial charge in [-0.3, -0.25) is 39.0 Å². The zero-order valence-electron chi connectivity index (χ0n) is 23.4. The van der Waals surface area contributed by atoms with Crippen LogP contribution in [0.4, 0.5) is 4.79 Å². The molecule has 0 radical (unpaired) electrons. The van der Waals surface area contributed by atoms with Crippen LogP contribution in [0.15, 0.2) is 30.3 Å². The number of hydroxylamine groups is 2. The summed E-state index contributed by atoms with van der Waals surface area (Å²) in [6, 6.07) is 7.83. The molecule has 0 aliphatic carbocycles. The van der Waals surface area contributed by atoms with E-state index in [1.807, 2.05) is 0 Å². The van der Waals surface area contributed by atoms with Crippen LogP contribution in [0.2, 0.25) is 0 Å². The molecule has 0 spiro atoms. The highest BCUT2D eigenvalue weighted by Gasteiger charge is 2.53. The molecule has 0 bridgehead atoms. The molecule has 1 atom stereocenters. The lowest BCUT2D eigenvalue weighted by atomic mass is 9.74. The summed E-state index contributed by atoms with van der Waals surface area (Å²) in [6.45, 7) is 2.33. The smallest absolute Gasteiger partial charge is 0.333 e. The van der Waals surface area contributed by atoms with E-state index in [0.29, 0.717) is 36.4 Å². The van der Waals surface area contributed by atoms with Crippen molar-refractivity contribution in [2.45, 2.75) is 70.1 Å². The third-order valence-corrected chi connectivity index (χ3v) is 7.05. The van der Waals surface area contributed by atoms with Gasteiger partial charge in [-0.2, -0.15) is 0 Å². The van der Waals surface area contributed by atoms with E-state index in [4.69, 9.17) is 4.84 Å². The molecule has 1 aromatic carbocycles. The maximum atomic E-state index is 13.3. The Hall–Kier alpha value is -4.62. The first-order chi connectivity index (χ1) is 20.1. The van der Waals surface area contributed by atoms with Gasteiger partial charge in [-0.1, -0.05) is 37.3 Å². The van der Waals surface area contributed by atoms with Gasteiger partial charge in [-0.25, -0.2) is 9.59 Å². The number of carbonyl (C=O) groups is 8. The van der Waals surface area contributed by atoms with Crippen molar-refractivity contribution in [1.29, 1.82) is 0 Å². The number of urea groups is 1. The number of benzene rings is 1. The number of amides is 8. The summed E-state index contributed by atoms with van der Waals surface area (Å²) in [4.78, 5) is 103. The van der Waals surface area contributed by atoms with Crippen LogP contribution < -0.4 is 16.0 Å². The van der Waals surface area contributed by atoms with Gasteiger partial charge in [-0.05, 0) is 31.2 Å². The summed E-state index contributed by atoms with van der Waals surface area (Å²) in [7, 11) is 0. The van der Waals surface area contributed by atoms with Crippen molar-refractivity contribution in [2.75, 3.05) is 19.6 Å². The van der Waals surface area contributed by atoms with Crippen LogP contribution in [0.25, 0.3) is 0 Å². The first-order valence-corrected chi connectivity index (χ1v) is 13.9. The van der Waals surface area contributed by atoms with E-state index in [0.717, 1.165) is 4.90 Å². The first-order valence-electron chi connectivity index (χ1n) is 13.9. The zero-order chi connectivity index (χ0) is 30.7. The summed E-state index contributed by atoms with van der Waals surface area (Å²) in [5.41, 5.74) is -0.974. The van der Waals surface area contributed by atoms with Crippen LogP contribution in [-0.4, -0.2) is 77.0 Å². The normalized spacial score (nSPS) is 18.6. The molecule has 2 saturated heterocycles. The van der Waals surface area contributed by atoms with E-state index < -0.39 is 47.0 Å². The largest absolute Gasteiger partial charge is 0.356 e. The molecule has 0 saturated carbocycles. The summed E-state index contributed by atoms with van der Waals surface area (Å²) < 4.78 is 0. The molecule has 14 heteroatoms. The molecule has 2 aliphatic heterocycles. The van der Waals surface area contributed by atoms with Crippen molar-refractivity contribution in [3.8, 4) is 0 Å². The average molecular weight is 586 g/mol. The fourth-order valence-electron chi connectivity index (χ4n) is 4.68. The van der Waals surface area contributed by atoms with Crippen LogP contribution in [0, 0.1) is 0 Å². The third-order valence-electron chi connectivity index (χ3n) is 7.05. The standard InChI is InChI=1S/C28H35N5O9/c1-2-28(19-9-4-3-5-10-19)25(39)31-27(41)32(26(28)40)18-7-6-11-20(34)29-16-8-17-30-21(35)12-15-24(38)42-33-22(36)13-14-23(33)37/h3-5,9-10H,2,6-8,11-18H2,1H3,(H,29,34)(H,30,35)(H,31,39,41). The zero-order valence-corrected chi connectivity index (χ0v) is 23.4. The second-order valence-electron chi connectivity index (χ2n) is 9.90. The van der Waals surface area contributed by atoms with Crippen molar-refractivity contribution >= 4 is 47.4 Å². The Morgan fingerprint density at radius 2 is 1.48 bits per heavy atom. The topological polar surface area (TPSA) is 188 Å². The highest BCUT2D eigenvalue weighted by molar-refractivity contribution is 6.22. The SMILES string of the molecule is CCC1(c2ccccc2)C(=O)NC(=O)N(CCCCC(=O)NCCCNC(=O)CCC(=O)ON2C(=O)CCC2=O)C1=O. The Labute approximate surface area is 242 Å². The minimum atomic E-state index is -1.49. The van der Waals surface area contributed by atoms with Crippen LogP contribution in [0.3, 0.4) is 0 Å². The number of nitrogens with one attached hydrogen (secondary N) is 3. The molecule has 2 aliphatic rings. The van der Waals surface area contributed by atoms with Crippen LogP contribution in [0.1, 0.15) is 70.3 Å². The number of hydrogen-bond donors (Lipinski definition) is 3. The number of rotatable bonds is 15. The van der Waals surface area contributed by atoms with Gasteiger partial charge in [0.15, 0.2) is 5.41 Å². The Bertz CT molecular complexity index is 1220. The fraction of sp³-hybridized carbons (Fsp3) is 0.500. The summed E-state index contributed by atoms with van der Waals surface area (Å²) in [5, 5.41) is 8.05. The second kappa shape index (κ2) is 14.8. The van der Waals surface area contributed by atoms with Crippen molar-refractivity contribution in [2.24, 2.45) is 0 Å². The molecule has 14 nitrogen and oxygen atoms in total. The molecule has 3 N–H and O–H groups in total. The van der Waals surface area contributed by atoms with E-state index in [-0.39, 0.29) is 57.5 Å². The fourth-order valence-corrected chi connectivity index (χ4v) is 4.68. The molecule has 1 aromatic rings. The molecule has 226 valence electrons. The number of unbranched alkanes of at least 4 members (excludes halogenated alkanes) is 1. The Morgan fingerprint density at radius 3 is 2.10 bits per heavy atom. The minimum Gasteiger partial charge on any atom is -0.356 e. The van der Waals surface area contributed by atoms with E-state index in [2.05, 4.69) is 16.0 Å². The molecule has 2 heterocycles. The van der Waals surface area contributed by atoms with E-state index in [1.165, 1.54) is 0 Å². The van der Waals surface area contributed by atoms with Gasteiger partial charge in [0.25, 0.3) is 17.7 Å². The molecule has 42 heavy (non-hydrogen) atoms. The monoisotopic (exact) mass is 585 g/mol. The quantitative estimate of drug-likeness (QED) is 0.150. The Balaban J connectivity index is 1.29. The molecule has 1 unspecified atom stereocenters. The van der Waals surface area contributed by atoms with Crippen molar-refractivity contribution in [1.82, 2.24) is 25.9 Å². The molecular weight excluding hydrogens is 550 g/mol. The number of nitrogens with zero attached hydrogens (tertiary/aromatic N) is 2. The number of imide groups is 3. The van der Waals surface area contributed by atoms with Crippen LogP contribution in [-0.2, 0) is 43.8 Å². The maximum absolute atomic E-state index is 13.3. The number of hydrogen-bond acceptors (Lipinski definition) is 9. The van der Waals surface area contributed by atoms with Gasteiger partial charge in [0.2, 0.25) is 17.7 Å². The molecule has 3 rings (SSSR count). The summed E-state index contributed by atoms with van der Waals surface area (Å²) in [5.74, 6) is -3.92. The maximum Gasteiger partial charge on any atom is 0.333 e. The highest BCUT2D eigenvalue weighted by Crippen LogP contribution is 2.33. The lowest BCUT2D eigenvalue weighted by molar-refractivity contribution is -0.197. The second-order valence-corrected chi connectivity index (χ2v) is 9.90. The number of barbiturate groups is 1. The molecule has 0 aromatic heterocycles. The van der Waals surface area contributed by atoms with Gasteiger partial charge in [-0.15, -0.1) is 5.06 Å². The first kappa shape index (κ1) is 31.9. The van der Waals surface area contributed by atoms with E-state index in [9.17, 15) is 38.4 Å². The Morgan fingerprint density at radius 1 is 0.857 bits per heavy atom. The minimum absolute atomic E-state index is 0.0144. The Kier molecular flexibility index (Phi) is 11.3. The van der Waals surface area contributed by atoms with Crippen molar-refractivity contribution in [3.05, 3.63) is 35.9 Å². The van der Waals surface area contributed by atoms with Gasteiger partial charge in [0, 0.05) is 45.3 Å². The lowest BCUT2D eigenvalue weighted by Crippen LogP contribution is -2.65. The lowest BCUT2D eigenvalue weighted by Gasteiger charge is -2.39. The predicted molar refractivity (Wildman–Crippen MR) is 145 cm³/mol. The molecular formula is C28H35N5O9. The van der Waals surface area contributed by atoms with Crippen LogP contribution >= 0.6 is 0 Å². The number of carbonyl (C=O) groups excluding carboxylic acids is 8. The van der Waals surface area contributed by atoms with Gasteiger partial charge < -0.3 is 15.5 Å². The van der Waals surface area contributed by atoms with E-state index in [1.54, 1.807) is 37.3 Å². The van der Waals surface area contributed by atoms with Gasteiger partial charge >= 0.3 is 12.0 Å². The van der Waals surface area contributed by atoms with Crippen molar-refractivity contribution < 1.29 is 43.2 Å². The molecule has 8 amide bonds. The average Bonchev–Trinajstić information content (AvgIpc) is 3.28. The molecule has 2 fully saturated rings. The highest BCUT2D eigenvalue weighted by atomic mass is 16.7. The van der Waals surface area contributed by atoms with Crippen molar-refractivity contribution in [3.63, 3.8) is 0 Å². The van der Waals surface area contributed by atoms with Crippen LogP contribution in [0.5, 0.6) is 0 Å². The predicted octanol–water partition coefficient (Wildman–Crippen LogP) is 0.593. The summed E-state index contributed by atoms with van der Waals surface area (Å²) >= 11 is 0. The third kappa shape index (κ3) is 7.77.